The van der Waals surface area contributed by atoms with Gasteiger partial charge >= 0.3 is 0 Å². The number of aliphatic imine (C=N–C) groups is 2. The Kier molecular flexibility index (Phi) is 3.60. The maximum Gasteiger partial charge on any atom is 0.0496 e. The quantitative estimate of drug-likeness (QED) is 0.500. The van der Waals surface area contributed by atoms with Crippen molar-refractivity contribution in [3.05, 3.63) is 12.3 Å². The van der Waals surface area contributed by atoms with Gasteiger partial charge in [-0.15, -0.1) is 0 Å². The molecular formula is C7H12N2. The van der Waals surface area contributed by atoms with Crippen LogP contribution in [0.5, 0.6) is 0 Å². The van der Waals surface area contributed by atoms with Gasteiger partial charge in [-0.1, -0.05) is 6.58 Å². The molecule has 0 aliphatic carbocycles. The molecule has 2 heteroatoms. The predicted octanol–water partition coefficient (Wildman–Crippen LogP) is 1.68. The average Bonchev–Trinajstić information content (AvgIpc) is 1.83. The third kappa shape index (κ3) is 4.94. The van der Waals surface area contributed by atoms with E-state index in [-0.39, 0.29) is 0 Å². The SMILES string of the molecule is C=C(C)N=CC(C)=NC. The average molecular weight is 124 g/mol. The van der Waals surface area contributed by atoms with E-state index in [0.29, 0.717) is 0 Å². The van der Waals surface area contributed by atoms with Crippen molar-refractivity contribution >= 4 is 11.9 Å². The molecule has 0 amide bonds. The molecule has 0 bridgehead atoms. The summed E-state index contributed by atoms with van der Waals surface area (Å²) >= 11 is 0. The summed E-state index contributed by atoms with van der Waals surface area (Å²) < 4.78 is 0. The van der Waals surface area contributed by atoms with Gasteiger partial charge in [-0.2, -0.15) is 0 Å². The fraction of sp³-hybridized carbons (Fsp3) is 0.429. The third-order valence-electron chi connectivity index (χ3n) is 0.824. The monoisotopic (exact) mass is 124 g/mol. The lowest BCUT2D eigenvalue weighted by atomic mass is 10.4. The van der Waals surface area contributed by atoms with Crippen LogP contribution >= 0.6 is 0 Å². The van der Waals surface area contributed by atoms with Crippen molar-refractivity contribution in [2.75, 3.05) is 7.05 Å². The van der Waals surface area contributed by atoms with E-state index in [1.165, 1.54) is 0 Å². The van der Waals surface area contributed by atoms with Gasteiger partial charge in [0.25, 0.3) is 0 Å². The zero-order chi connectivity index (χ0) is 7.28. The number of rotatable bonds is 2. The first-order valence-electron chi connectivity index (χ1n) is 2.79. The molecule has 0 unspecified atom stereocenters. The van der Waals surface area contributed by atoms with Gasteiger partial charge in [-0.3, -0.25) is 9.98 Å². The highest BCUT2D eigenvalue weighted by Gasteiger charge is 1.78. The number of hydrogen-bond donors (Lipinski definition) is 0. The molecule has 0 aliphatic rings. The van der Waals surface area contributed by atoms with Crippen LogP contribution in [-0.2, 0) is 0 Å². The number of hydrogen-bond acceptors (Lipinski definition) is 2. The van der Waals surface area contributed by atoms with Crippen LogP contribution in [0.1, 0.15) is 13.8 Å². The second kappa shape index (κ2) is 4.01. The molecule has 9 heavy (non-hydrogen) atoms. The Morgan fingerprint density at radius 2 is 2.00 bits per heavy atom. The normalized spacial score (nSPS) is 12.6. The lowest BCUT2D eigenvalue weighted by molar-refractivity contribution is 1.34. The van der Waals surface area contributed by atoms with Crippen molar-refractivity contribution in [1.29, 1.82) is 0 Å². The minimum atomic E-state index is 0.804. The van der Waals surface area contributed by atoms with Crippen molar-refractivity contribution < 1.29 is 0 Å². The summed E-state index contributed by atoms with van der Waals surface area (Å²) in [5.74, 6) is 0. The number of allylic oxidation sites excluding steroid dienone is 1. The van der Waals surface area contributed by atoms with Gasteiger partial charge < -0.3 is 0 Å². The van der Waals surface area contributed by atoms with Gasteiger partial charge in [-0.05, 0) is 13.8 Å². The van der Waals surface area contributed by atoms with Crippen molar-refractivity contribution in [3.8, 4) is 0 Å². The lowest BCUT2D eigenvalue weighted by Gasteiger charge is -1.86. The van der Waals surface area contributed by atoms with Gasteiger partial charge in [0.1, 0.15) is 0 Å². The molecule has 0 saturated carbocycles. The standard InChI is InChI=1S/C7H12N2/c1-6(2)9-5-7(3)8-4/h5H,1H2,2-4H3. The Labute approximate surface area is 56.0 Å². The van der Waals surface area contributed by atoms with Gasteiger partial charge in [0.15, 0.2) is 0 Å². The van der Waals surface area contributed by atoms with E-state index in [2.05, 4.69) is 16.6 Å². The zero-order valence-electron chi connectivity index (χ0n) is 6.18. The molecule has 50 valence electrons. The van der Waals surface area contributed by atoms with Crippen LogP contribution in [0, 0.1) is 0 Å². The van der Waals surface area contributed by atoms with Gasteiger partial charge in [0.2, 0.25) is 0 Å². The van der Waals surface area contributed by atoms with Crippen LogP contribution in [0.15, 0.2) is 22.3 Å². The number of nitrogens with zero attached hydrogens (tertiary/aromatic N) is 2. The summed E-state index contributed by atoms with van der Waals surface area (Å²) in [5.41, 5.74) is 1.72. The van der Waals surface area contributed by atoms with Gasteiger partial charge in [-0.25, -0.2) is 0 Å². The molecule has 0 atom stereocenters. The Bertz CT molecular complexity index is 154. The first-order chi connectivity index (χ1) is 4.16. The molecule has 0 saturated heterocycles. The first kappa shape index (κ1) is 8.08. The molecule has 0 fully saturated rings. The summed E-state index contributed by atoms with van der Waals surface area (Å²) in [6, 6.07) is 0. The van der Waals surface area contributed by atoms with Crippen molar-refractivity contribution in [3.63, 3.8) is 0 Å². The fourth-order valence-electron chi connectivity index (χ4n) is 0.261. The van der Waals surface area contributed by atoms with Crippen molar-refractivity contribution in [2.24, 2.45) is 9.98 Å². The Balaban J connectivity index is 3.86. The van der Waals surface area contributed by atoms with Gasteiger partial charge in [0.05, 0.1) is 0 Å². The van der Waals surface area contributed by atoms with E-state index in [4.69, 9.17) is 0 Å². The molecule has 0 aliphatic heterocycles. The highest BCUT2D eigenvalue weighted by atomic mass is 14.8. The molecule has 0 aromatic rings. The summed E-state index contributed by atoms with van der Waals surface area (Å²) in [6.07, 6.45) is 1.70. The molecule has 2 nitrogen and oxygen atoms in total. The molecular weight excluding hydrogens is 112 g/mol. The van der Waals surface area contributed by atoms with Crippen LogP contribution in [-0.4, -0.2) is 19.0 Å². The second-order valence-electron chi connectivity index (χ2n) is 1.86. The van der Waals surface area contributed by atoms with E-state index in [1.807, 2.05) is 13.8 Å². The molecule has 0 spiro atoms. The largest absolute Gasteiger partial charge is 0.292 e. The molecule has 0 rings (SSSR count). The van der Waals surface area contributed by atoms with E-state index >= 15 is 0 Å². The van der Waals surface area contributed by atoms with Crippen LogP contribution in [0.25, 0.3) is 0 Å². The second-order valence-corrected chi connectivity index (χ2v) is 1.86. The highest BCUT2D eigenvalue weighted by Crippen LogP contribution is 1.85. The maximum absolute atomic E-state index is 3.95. The lowest BCUT2D eigenvalue weighted by Crippen LogP contribution is -1.90. The summed E-state index contributed by atoms with van der Waals surface area (Å²) in [4.78, 5) is 7.83. The summed E-state index contributed by atoms with van der Waals surface area (Å²) in [7, 11) is 1.74. The minimum absolute atomic E-state index is 0.804. The fourth-order valence-corrected chi connectivity index (χ4v) is 0.261. The predicted molar refractivity (Wildman–Crippen MR) is 42.3 cm³/mol. The highest BCUT2D eigenvalue weighted by molar-refractivity contribution is 6.29. The molecule has 0 N–H and O–H groups in total. The minimum Gasteiger partial charge on any atom is -0.292 e. The molecule has 0 heterocycles. The molecule has 0 radical (unpaired) electrons. The van der Waals surface area contributed by atoms with E-state index in [9.17, 15) is 0 Å². The Morgan fingerprint density at radius 3 is 2.33 bits per heavy atom. The smallest absolute Gasteiger partial charge is 0.0496 e. The topological polar surface area (TPSA) is 24.7 Å². The van der Waals surface area contributed by atoms with Crippen LogP contribution in [0.3, 0.4) is 0 Å². The maximum atomic E-state index is 3.95. The zero-order valence-corrected chi connectivity index (χ0v) is 6.18. The Hall–Kier alpha value is -0.920. The third-order valence-corrected chi connectivity index (χ3v) is 0.824. The van der Waals surface area contributed by atoms with Gasteiger partial charge in [0, 0.05) is 24.7 Å². The molecule has 0 aromatic heterocycles. The van der Waals surface area contributed by atoms with Crippen LogP contribution in [0.4, 0.5) is 0 Å². The Morgan fingerprint density at radius 1 is 1.44 bits per heavy atom. The summed E-state index contributed by atoms with van der Waals surface area (Å²) in [5, 5.41) is 0. The van der Waals surface area contributed by atoms with Crippen molar-refractivity contribution in [1.82, 2.24) is 0 Å². The van der Waals surface area contributed by atoms with Crippen LogP contribution < -0.4 is 0 Å². The molecule has 0 aromatic carbocycles. The van der Waals surface area contributed by atoms with E-state index < -0.39 is 0 Å². The van der Waals surface area contributed by atoms with Crippen LogP contribution in [0.2, 0.25) is 0 Å². The van der Waals surface area contributed by atoms with E-state index in [1.54, 1.807) is 13.3 Å². The first-order valence-corrected chi connectivity index (χ1v) is 2.79. The summed E-state index contributed by atoms with van der Waals surface area (Å²) in [6.45, 7) is 7.35. The van der Waals surface area contributed by atoms with Crippen molar-refractivity contribution in [2.45, 2.75) is 13.8 Å². The van der Waals surface area contributed by atoms with E-state index in [0.717, 1.165) is 11.4 Å².